The highest BCUT2D eigenvalue weighted by molar-refractivity contribution is 6.03. The van der Waals surface area contributed by atoms with E-state index in [9.17, 15) is 14.4 Å². The molecule has 0 amide bonds. The summed E-state index contributed by atoms with van der Waals surface area (Å²) in [5.74, 6) is -3.67. The highest BCUT2D eigenvalue weighted by Gasteiger charge is 2.20. The Morgan fingerprint density at radius 1 is 1.19 bits per heavy atom. The van der Waals surface area contributed by atoms with E-state index in [1.54, 1.807) is 0 Å². The van der Waals surface area contributed by atoms with Gasteiger partial charge in [0.15, 0.2) is 0 Å². The molecule has 0 radical (unpaired) electrons. The minimum atomic E-state index is -1.38. The Morgan fingerprint density at radius 2 is 1.81 bits per heavy atom. The Kier molecular flexibility index (Phi) is 3.19. The number of carbonyl (C=O) groups is 3. The van der Waals surface area contributed by atoms with Gasteiger partial charge in [-0.2, -0.15) is 0 Å². The lowest BCUT2D eigenvalue weighted by molar-refractivity contribution is 0.0582. The molecule has 7 heteroatoms. The second kappa shape index (κ2) is 4.39. The number of pyridine rings is 1. The average Bonchev–Trinajstić information content (AvgIpc) is 2.26. The van der Waals surface area contributed by atoms with Crippen LogP contribution in [-0.4, -0.2) is 40.2 Å². The van der Waals surface area contributed by atoms with Crippen molar-refractivity contribution in [2.75, 3.05) is 7.11 Å². The molecule has 2 N–H and O–H groups in total. The first-order valence-corrected chi connectivity index (χ1v) is 4.02. The number of esters is 1. The molecule has 0 bridgehead atoms. The van der Waals surface area contributed by atoms with Crippen LogP contribution in [0.1, 0.15) is 31.2 Å². The minimum absolute atomic E-state index is 0.345. The molecule has 1 rings (SSSR count). The third kappa shape index (κ3) is 2.14. The number of aromatic carboxylic acids is 2. The Labute approximate surface area is 89.3 Å². The van der Waals surface area contributed by atoms with Crippen LogP contribution in [0, 0.1) is 0 Å². The van der Waals surface area contributed by atoms with E-state index in [1.165, 1.54) is 0 Å². The second-order valence-electron chi connectivity index (χ2n) is 2.72. The molecule has 84 valence electrons. The number of carboxylic acids is 2. The van der Waals surface area contributed by atoms with Crippen molar-refractivity contribution in [3.63, 3.8) is 0 Å². The van der Waals surface area contributed by atoms with Crippen LogP contribution in [-0.2, 0) is 4.74 Å². The van der Waals surface area contributed by atoms with Crippen molar-refractivity contribution in [2.24, 2.45) is 0 Å². The topological polar surface area (TPSA) is 114 Å². The minimum Gasteiger partial charge on any atom is -0.478 e. The fraction of sp³-hybridized carbons (Fsp3) is 0.111. The van der Waals surface area contributed by atoms with Gasteiger partial charge in [0.2, 0.25) is 0 Å². The smallest absolute Gasteiger partial charge is 0.354 e. The van der Waals surface area contributed by atoms with Crippen LogP contribution in [0.2, 0.25) is 0 Å². The van der Waals surface area contributed by atoms with E-state index in [0.717, 1.165) is 19.4 Å². The van der Waals surface area contributed by atoms with Gasteiger partial charge in [-0.3, -0.25) is 0 Å². The maximum absolute atomic E-state index is 11.2. The molecule has 0 aliphatic carbocycles. The Bertz CT molecular complexity index is 467. The molecular formula is C9H7NO6. The number of carbonyl (C=O) groups excluding carboxylic acids is 1. The van der Waals surface area contributed by atoms with Gasteiger partial charge in [0, 0.05) is 6.20 Å². The van der Waals surface area contributed by atoms with Gasteiger partial charge >= 0.3 is 17.9 Å². The van der Waals surface area contributed by atoms with Crippen molar-refractivity contribution < 1.29 is 29.3 Å². The molecule has 1 aromatic rings. The molecule has 0 aromatic carbocycles. The molecular weight excluding hydrogens is 218 g/mol. The first-order chi connectivity index (χ1) is 7.47. The van der Waals surface area contributed by atoms with E-state index in [2.05, 4.69) is 9.72 Å². The lowest BCUT2D eigenvalue weighted by atomic mass is 10.1. The zero-order valence-electron chi connectivity index (χ0n) is 8.13. The molecule has 0 aliphatic rings. The summed E-state index contributed by atoms with van der Waals surface area (Å²) in [7, 11) is 1.06. The number of ether oxygens (including phenoxy) is 1. The number of methoxy groups -OCH3 is 1. The van der Waals surface area contributed by atoms with E-state index in [4.69, 9.17) is 10.2 Å². The largest absolute Gasteiger partial charge is 0.478 e. The molecule has 0 unspecified atom stereocenters. The summed E-state index contributed by atoms with van der Waals surface area (Å²) in [6.45, 7) is 0. The molecule has 0 atom stereocenters. The van der Waals surface area contributed by atoms with E-state index in [0.29, 0.717) is 0 Å². The van der Waals surface area contributed by atoms with Gasteiger partial charge < -0.3 is 14.9 Å². The van der Waals surface area contributed by atoms with Gasteiger partial charge in [0.25, 0.3) is 0 Å². The Morgan fingerprint density at radius 3 is 2.25 bits per heavy atom. The van der Waals surface area contributed by atoms with E-state index in [1.807, 2.05) is 0 Å². The summed E-state index contributed by atoms with van der Waals surface area (Å²) >= 11 is 0. The zero-order valence-corrected chi connectivity index (χ0v) is 8.13. The molecule has 0 fully saturated rings. The standard InChI is InChI=1S/C9H7NO6/c1-16-9(15)4-2-6(8(13)14)10-3-5(4)7(11)12/h2-3H,1H3,(H,11,12)(H,13,14). The molecule has 16 heavy (non-hydrogen) atoms. The van der Waals surface area contributed by atoms with E-state index >= 15 is 0 Å². The SMILES string of the molecule is COC(=O)c1cc(C(=O)O)ncc1C(=O)O. The summed E-state index contributed by atoms with van der Waals surface area (Å²) < 4.78 is 4.34. The third-order valence-corrected chi connectivity index (χ3v) is 1.76. The highest BCUT2D eigenvalue weighted by atomic mass is 16.5. The Hall–Kier alpha value is -2.44. The Balaban J connectivity index is 3.38. The van der Waals surface area contributed by atoms with Gasteiger partial charge in [-0.05, 0) is 6.07 Å². The monoisotopic (exact) mass is 225 g/mol. The number of hydrogen-bond acceptors (Lipinski definition) is 5. The summed E-state index contributed by atoms with van der Waals surface area (Å²) in [5.41, 5.74) is -1.18. The first-order valence-electron chi connectivity index (χ1n) is 4.02. The fourth-order valence-corrected chi connectivity index (χ4v) is 1.02. The van der Waals surface area contributed by atoms with Crippen molar-refractivity contribution >= 4 is 17.9 Å². The van der Waals surface area contributed by atoms with Gasteiger partial charge in [0.1, 0.15) is 5.69 Å². The van der Waals surface area contributed by atoms with Crippen LogP contribution in [0.5, 0.6) is 0 Å². The van der Waals surface area contributed by atoms with Crippen molar-refractivity contribution in [3.05, 3.63) is 29.1 Å². The van der Waals surface area contributed by atoms with Crippen molar-refractivity contribution in [1.82, 2.24) is 4.98 Å². The average molecular weight is 225 g/mol. The summed E-state index contributed by atoms with van der Waals surface area (Å²) in [6, 6.07) is 0.859. The molecule has 0 aliphatic heterocycles. The van der Waals surface area contributed by atoms with Crippen LogP contribution in [0.3, 0.4) is 0 Å². The van der Waals surface area contributed by atoms with Crippen LogP contribution < -0.4 is 0 Å². The molecule has 0 saturated heterocycles. The number of carboxylic acid groups (broad SMARTS) is 2. The number of nitrogens with zero attached hydrogens (tertiary/aromatic N) is 1. The summed E-state index contributed by atoms with van der Waals surface area (Å²) in [6.07, 6.45) is 0.804. The lowest BCUT2D eigenvalue weighted by Crippen LogP contribution is -2.13. The number of hydrogen-bond donors (Lipinski definition) is 2. The summed E-state index contributed by atoms with van der Waals surface area (Å²) in [4.78, 5) is 35.9. The number of rotatable bonds is 3. The molecule has 0 spiro atoms. The molecule has 7 nitrogen and oxygen atoms in total. The van der Waals surface area contributed by atoms with Crippen LogP contribution in [0.25, 0.3) is 0 Å². The first kappa shape index (κ1) is 11.6. The van der Waals surface area contributed by atoms with E-state index in [-0.39, 0.29) is 5.56 Å². The van der Waals surface area contributed by atoms with Crippen molar-refractivity contribution in [2.45, 2.75) is 0 Å². The van der Waals surface area contributed by atoms with Gasteiger partial charge in [0.05, 0.1) is 18.2 Å². The van der Waals surface area contributed by atoms with Crippen LogP contribution in [0.4, 0.5) is 0 Å². The maximum Gasteiger partial charge on any atom is 0.354 e. The predicted molar refractivity (Wildman–Crippen MR) is 49.5 cm³/mol. The molecule has 0 saturated carbocycles. The van der Waals surface area contributed by atoms with Crippen LogP contribution >= 0.6 is 0 Å². The highest BCUT2D eigenvalue weighted by Crippen LogP contribution is 2.11. The van der Waals surface area contributed by atoms with Crippen LogP contribution in [0.15, 0.2) is 12.3 Å². The molecule has 1 aromatic heterocycles. The third-order valence-electron chi connectivity index (χ3n) is 1.76. The molecule has 1 heterocycles. The van der Waals surface area contributed by atoms with E-state index < -0.39 is 29.2 Å². The van der Waals surface area contributed by atoms with Gasteiger partial charge in [-0.1, -0.05) is 0 Å². The van der Waals surface area contributed by atoms with Gasteiger partial charge in [-0.15, -0.1) is 0 Å². The fourth-order valence-electron chi connectivity index (χ4n) is 1.02. The predicted octanol–water partition coefficient (Wildman–Crippen LogP) is 0.265. The normalized spacial score (nSPS) is 9.56. The number of aromatic nitrogens is 1. The second-order valence-corrected chi connectivity index (χ2v) is 2.72. The maximum atomic E-state index is 11.2. The lowest BCUT2D eigenvalue weighted by Gasteiger charge is -2.04. The zero-order chi connectivity index (χ0) is 12.3. The van der Waals surface area contributed by atoms with Crippen molar-refractivity contribution in [1.29, 1.82) is 0 Å². The van der Waals surface area contributed by atoms with Gasteiger partial charge in [-0.25, -0.2) is 19.4 Å². The quantitative estimate of drug-likeness (QED) is 0.709. The summed E-state index contributed by atoms with van der Waals surface area (Å²) in [5, 5.41) is 17.4. The van der Waals surface area contributed by atoms with Crippen molar-refractivity contribution in [3.8, 4) is 0 Å².